The molecule has 1 aromatic carbocycles. The summed E-state index contributed by atoms with van der Waals surface area (Å²) in [5.74, 6) is -0.361. The molecule has 6 heteroatoms. The van der Waals surface area contributed by atoms with Crippen molar-refractivity contribution in [2.75, 3.05) is 7.11 Å². The number of ether oxygens (including phenoxy) is 1. The molecule has 0 unspecified atom stereocenters. The van der Waals surface area contributed by atoms with E-state index >= 15 is 0 Å². The molecular formula is C14H9N3O2S. The van der Waals surface area contributed by atoms with Crippen LogP contribution < -0.4 is 0 Å². The lowest BCUT2D eigenvalue weighted by Crippen LogP contribution is -1.97. The Balaban J connectivity index is 1.99. The lowest BCUT2D eigenvalue weighted by molar-refractivity contribution is 0.0606. The van der Waals surface area contributed by atoms with Crippen LogP contribution in [0.1, 0.15) is 15.2 Å². The summed E-state index contributed by atoms with van der Waals surface area (Å²) in [6.45, 7) is 0. The SMILES string of the molecule is COC(=O)c1cn2cc(-c3ccc(C#N)cc3)nc2s1. The van der Waals surface area contributed by atoms with Gasteiger partial charge in [0.15, 0.2) is 4.96 Å². The van der Waals surface area contributed by atoms with Gasteiger partial charge in [-0.15, -0.1) is 0 Å². The predicted octanol–water partition coefficient (Wildman–Crippen LogP) is 2.72. The molecular weight excluding hydrogens is 274 g/mol. The molecule has 3 aromatic rings. The molecule has 3 rings (SSSR count). The van der Waals surface area contributed by atoms with Gasteiger partial charge in [-0.3, -0.25) is 4.40 Å². The second-order valence-electron chi connectivity index (χ2n) is 4.09. The molecule has 98 valence electrons. The highest BCUT2D eigenvalue weighted by Gasteiger charge is 2.13. The van der Waals surface area contributed by atoms with Gasteiger partial charge >= 0.3 is 5.97 Å². The Morgan fingerprint density at radius 1 is 1.35 bits per heavy atom. The average Bonchev–Trinajstić information content (AvgIpc) is 3.05. The number of thiazole rings is 1. The van der Waals surface area contributed by atoms with Gasteiger partial charge in [0.25, 0.3) is 0 Å². The maximum absolute atomic E-state index is 11.4. The fourth-order valence-corrected chi connectivity index (χ4v) is 2.73. The summed E-state index contributed by atoms with van der Waals surface area (Å²) in [4.78, 5) is 17.1. The predicted molar refractivity (Wildman–Crippen MR) is 74.6 cm³/mol. The van der Waals surface area contributed by atoms with Crippen LogP contribution in [0.5, 0.6) is 0 Å². The van der Waals surface area contributed by atoms with Crippen LogP contribution in [0.4, 0.5) is 0 Å². The van der Waals surface area contributed by atoms with Crippen molar-refractivity contribution in [1.82, 2.24) is 9.38 Å². The third-order valence-corrected chi connectivity index (χ3v) is 3.83. The van der Waals surface area contributed by atoms with Crippen LogP contribution in [0.15, 0.2) is 36.7 Å². The molecule has 0 fully saturated rings. The summed E-state index contributed by atoms with van der Waals surface area (Å²) < 4.78 is 6.47. The van der Waals surface area contributed by atoms with Crippen molar-refractivity contribution < 1.29 is 9.53 Å². The summed E-state index contributed by atoms with van der Waals surface area (Å²) in [5, 5.41) is 8.77. The van der Waals surface area contributed by atoms with Gasteiger partial charge in [-0.1, -0.05) is 23.5 Å². The van der Waals surface area contributed by atoms with Gasteiger partial charge in [-0.2, -0.15) is 5.26 Å². The number of esters is 1. The highest BCUT2D eigenvalue weighted by Crippen LogP contribution is 2.24. The van der Waals surface area contributed by atoms with E-state index in [2.05, 4.69) is 15.8 Å². The lowest BCUT2D eigenvalue weighted by atomic mass is 10.1. The maximum Gasteiger partial charge on any atom is 0.349 e. The standard InChI is InChI=1S/C14H9N3O2S/c1-19-13(18)12-8-17-7-11(16-14(17)20-12)10-4-2-9(6-15)3-5-10/h2-5,7-8H,1H3. The quantitative estimate of drug-likeness (QED) is 0.678. The molecule has 0 amide bonds. The zero-order chi connectivity index (χ0) is 14.1. The Morgan fingerprint density at radius 2 is 2.10 bits per heavy atom. The normalized spacial score (nSPS) is 10.4. The number of rotatable bonds is 2. The molecule has 0 N–H and O–H groups in total. The minimum atomic E-state index is -0.361. The van der Waals surface area contributed by atoms with Gasteiger partial charge < -0.3 is 4.74 Å². The molecule has 0 aliphatic rings. The molecule has 0 bridgehead atoms. The number of nitriles is 1. The molecule has 5 nitrogen and oxygen atoms in total. The monoisotopic (exact) mass is 283 g/mol. The third-order valence-electron chi connectivity index (χ3n) is 2.85. The maximum atomic E-state index is 11.4. The first-order chi connectivity index (χ1) is 9.71. The van der Waals surface area contributed by atoms with Crippen molar-refractivity contribution in [2.45, 2.75) is 0 Å². The molecule has 2 heterocycles. The minimum Gasteiger partial charge on any atom is -0.465 e. The summed E-state index contributed by atoms with van der Waals surface area (Å²) >= 11 is 1.28. The highest BCUT2D eigenvalue weighted by molar-refractivity contribution is 7.18. The van der Waals surface area contributed by atoms with E-state index in [4.69, 9.17) is 5.26 Å². The van der Waals surface area contributed by atoms with Crippen LogP contribution in [0.25, 0.3) is 16.2 Å². The van der Waals surface area contributed by atoms with Crippen molar-refractivity contribution in [3.8, 4) is 17.3 Å². The second-order valence-corrected chi connectivity index (χ2v) is 5.10. The Bertz CT molecular complexity index is 793. The van der Waals surface area contributed by atoms with Gasteiger partial charge in [0, 0.05) is 18.0 Å². The number of aromatic nitrogens is 2. The van der Waals surface area contributed by atoms with Gasteiger partial charge in [0.1, 0.15) is 4.88 Å². The van der Waals surface area contributed by atoms with Gasteiger partial charge in [0.05, 0.1) is 24.4 Å². The van der Waals surface area contributed by atoms with Crippen LogP contribution >= 0.6 is 11.3 Å². The second kappa shape index (κ2) is 4.79. The Kier molecular flexibility index (Phi) is 2.97. The zero-order valence-electron chi connectivity index (χ0n) is 10.5. The van der Waals surface area contributed by atoms with E-state index in [-0.39, 0.29) is 5.97 Å². The first kappa shape index (κ1) is 12.4. The Hall–Kier alpha value is -2.65. The van der Waals surface area contributed by atoms with Crippen molar-refractivity contribution in [3.05, 3.63) is 47.1 Å². The van der Waals surface area contributed by atoms with Crippen molar-refractivity contribution >= 4 is 22.3 Å². The number of carbonyl (C=O) groups is 1. The van der Waals surface area contributed by atoms with E-state index in [1.54, 1.807) is 22.7 Å². The van der Waals surface area contributed by atoms with Crippen molar-refractivity contribution in [3.63, 3.8) is 0 Å². The Labute approximate surface area is 118 Å². The van der Waals surface area contributed by atoms with E-state index in [1.807, 2.05) is 18.3 Å². The van der Waals surface area contributed by atoms with Gasteiger partial charge in [-0.05, 0) is 12.1 Å². The summed E-state index contributed by atoms with van der Waals surface area (Å²) in [6.07, 6.45) is 3.55. The van der Waals surface area contributed by atoms with Crippen LogP contribution in [0.2, 0.25) is 0 Å². The fraction of sp³-hybridized carbons (Fsp3) is 0.0714. The average molecular weight is 283 g/mol. The van der Waals surface area contributed by atoms with Gasteiger partial charge in [0.2, 0.25) is 0 Å². The minimum absolute atomic E-state index is 0.361. The molecule has 0 spiro atoms. The number of nitrogens with zero attached hydrogens (tertiary/aromatic N) is 3. The molecule has 2 aromatic heterocycles. The molecule has 0 aliphatic carbocycles. The number of methoxy groups -OCH3 is 1. The largest absolute Gasteiger partial charge is 0.465 e. The van der Waals surface area contributed by atoms with Crippen molar-refractivity contribution in [1.29, 1.82) is 5.26 Å². The van der Waals surface area contributed by atoms with Crippen LogP contribution in [-0.4, -0.2) is 22.5 Å². The Morgan fingerprint density at radius 3 is 2.70 bits per heavy atom. The van der Waals surface area contributed by atoms with E-state index in [0.29, 0.717) is 10.4 Å². The molecule has 0 aliphatic heterocycles. The summed E-state index contributed by atoms with van der Waals surface area (Å²) in [5.41, 5.74) is 2.35. The first-order valence-electron chi connectivity index (χ1n) is 5.78. The van der Waals surface area contributed by atoms with E-state index in [9.17, 15) is 4.79 Å². The molecule has 0 saturated carbocycles. The molecule has 20 heavy (non-hydrogen) atoms. The van der Waals surface area contributed by atoms with Gasteiger partial charge in [-0.25, -0.2) is 9.78 Å². The van der Waals surface area contributed by atoms with Crippen LogP contribution in [0.3, 0.4) is 0 Å². The number of hydrogen-bond donors (Lipinski definition) is 0. The lowest BCUT2D eigenvalue weighted by Gasteiger charge is -1.95. The summed E-state index contributed by atoms with van der Waals surface area (Å²) in [6, 6.07) is 9.29. The smallest absolute Gasteiger partial charge is 0.349 e. The van der Waals surface area contributed by atoms with E-state index < -0.39 is 0 Å². The third kappa shape index (κ3) is 2.04. The molecule has 0 radical (unpaired) electrons. The van der Waals surface area contributed by atoms with E-state index in [1.165, 1.54) is 18.4 Å². The number of carbonyl (C=O) groups excluding carboxylic acids is 1. The molecule has 0 atom stereocenters. The van der Waals surface area contributed by atoms with Crippen LogP contribution in [0, 0.1) is 11.3 Å². The zero-order valence-corrected chi connectivity index (χ0v) is 11.3. The van der Waals surface area contributed by atoms with Crippen LogP contribution in [-0.2, 0) is 4.74 Å². The number of benzene rings is 1. The topological polar surface area (TPSA) is 67.4 Å². The fourth-order valence-electron chi connectivity index (χ4n) is 1.85. The highest BCUT2D eigenvalue weighted by atomic mass is 32.1. The van der Waals surface area contributed by atoms with E-state index in [0.717, 1.165) is 16.2 Å². The number of imidazole rings is 1. The number of fused-ring (bicyclic) bond motifs is 1. The molecule has 0 saturated heterocycles. The summed E-state index contributed by atoms with van der Waals surface area (Å²) in [7, 11) is 1.35. The number of hydrogen-bond acceptors (Lipinski definition) is 5. The van der Waals surface area contributed by atoms with Crippen molar-refractivity contribution in [2.24, 2.45) is 0 Å². The first-order valence-corrected chi connectivity index (χ1v) is 6.60.